The van der Waals surface area contributed by atoms with Gasteiger partial charge in [-0.15, -0.1) is 0 Å². The van der Waals surface area contributed by atoms with Crippen LogP contribution in [0.5, 0.6) is 0 Å². The Morgan fingerprint density at radius 1 is 1.43 bits per heavy atom. The first-order valence-electron chi connectivity index (χ1n) is 4.13. The maximum absolute atomic E-state index is 12.4. The highest BCUT2D eigenvalue weighted by Crippen LogP contribution is 2.28. The number of ketones is 1. The molecule has 0 aliphatic carbocycles. The van der Waals surface area contributed by atoms with Gasteiger partial charge in [-0.1, -0.05) is 6.07 Å². The Hall–Kier alpha value is -1.45. The number of nitrogens with two attached hydrogens (primary N) is 1. The van der Waals surface area contributed by atoms with E-state index in [4.69, 9.17) is 5.73 Å². The molecule has 2 nitrogen and oxygen atoms in total. The third kappa shape index (κ3) is 1.73. The van der Waals surface area contributed by atoms with Crippen molar-refractivity contribution >= 4 is 11.5 Å². The molecular weight excluding hydrogens is 188 g/mol. The highest BCUT2D eigenvalue weighted by molar-refractivity contribution is 5.99. The summed E-state index contributed by atoms with van der Waals surface area (Å²) in [5.74, 6) is -0.216. The minimum Gasteiger partial charge on any atom is -0.398 e. The van der Waals surface area contributed by atoms with Crippen molar-refractivity contribution in [2.24, 2.45) is 0 Å². The molecule has 0 saturated heterocycles. The van der Waals surface area contributed by atoms with E-state index in [2.05, 4.69) is 0 Å². The van der Waals surface area contributed by atoms with Crippen LogP contribution in [0.15, 0.2) is 12.1 Å². The number of alkyl halides is 2. The monoisotopic (exact) mass is 199 g/mol. The van der Waals surface area contributed by atoms with E-state index in [0.29, 0.717) is 5.56 Å². The van der Waals surface area contributed by atoms with Gasteiger partial charge in [0.15, 0.2) is 5.78 Å². The number of hydrogen-bond acceptors (Lipinski definition) is 2. The van der Waals surface area contributed by atoms with E-state index in [0.717, 1.165) is 0 Å². The molecule has 0 aliphatic heterocycles. The standard InChI is InChI=1S/C10H11F2NO/c1-5-7(10(11)12)3-4-8(6(2)14)9(5)13/h3-4,10H,13H2,1-2H3. The summed E-state index contributed by atoms with van der Waals surface area (Å²) in [5.41, 5.74) is 6.18. The summed E-state index contributed by atoms with van der Waals surface area (Å²) in [4.78, 5) is 11.0. The largest absolute Gasteiger partial charge is 0.398 e. The summed E-state index contributed by atoms with van der Waals surface area (Å²) >= 11 is 0. The summed E-state index contributed by atoms with van der Waals surface area (Å²) in [5, 5.41) is 0. The molecule has 0 heterocycles. The molecular formula is C10H11F2NO. The number of hydrogen-bond donors (Lipinski definition) is 1. The van der Waals surface area contributed by atoms with Crippen LogP contribution < -0.4 is 5.73 Å². The third-order valence-corrected chi connectivity index (χ3v) is 2.17. The molecule has 14 heavy (non-hydrogen) atoms. The second-order valence-electron chi connectivity index (χ2n) is 3.10. The van der Waals surface area contributed by atoms with Gasteiger partial charge < -0.3 is 5.73 Å². The quantitative estimate of drug-likeness (QED) is 0.587. The fourth-order valence-electron chi connectivity index (χ4n) is 1.29. The third-order valence-electron chi connectivity index (χ3n) is 2.17. The Kier molecular flexibility index (Phi) is 2.84. The second-order valence-corrected chi connectivity index (χ2v) is 3.10. The van der Waals surface area contributed by atoms with Crippen LogP contribution in [-0.2, 0) is 0 Å². The average molecular weight is 199 g/mol. The van der Waals surface area contributed by atoms with E-state index >= 15 is 0 Å². The van der Waals surface area contributed by atoms with Gasteiger partial charge in [0, 0.05) is 16.8 Å². The lowest BCUT2D eigenvalue weighted by Gasteiger charge is -2.10. The van der Waals surface area contributed by atoms with Gasteiger partial charge in [0.2, 0.25) is 0 Å². The molecule has 1 aromatic carbocycles. The van der Waals surface area contributed by atoms with Crippen molar-refractivity contribution in [1.29, 1.82) is 0 Å². The molecule has 1 aromatic rings. The molecule has 1 rings (SSSR count). The molecule has 0 atom stereocenters. The Balaban J connectivity index is 3.33. The summed E-state index contributed by atoms with van der Waals surface area (Å²) in [7, 11) is 0. The Morgan fingerprint density at radius 3 is 2.43 bits per heavy atom. The zero-order chi connectivity index (χ0) is 10.9. The average Bonchev–Trinajstić information content (AvgIpc) is 2.08. The lowest BCUT2D eigenvalue weighted by molar-refractivity contribution is 0.101. The molecule has 0 bridgehead atoms. The van der Waals surface area contributed by atoms with Gasteiger partial charge in [-0.05, 0) is 25.5 Å². The Morgan fingerprint density at radius 2 is 2.00 bits per heavy atom. The van der Waals surface area contributed by atoms with Gasteiger partial charge in [-0.2, -0.15) is 0 Å². The number of rotatable bonds is 2. The van der Waals surface area contributed by atoms with Crippen LogP contribution in [0.2, 0.25) is 0 Å². The summed E-state index contributed by atoms with van der Waals surface area (Å²) in [6.07, 6.45) is -2.56. The van der Waals surface area contributed by atoms with Crippen molar-refractivity contribution in [2.45, 2.75) is 20.3 Å². The van der Waals surface area contributed by atoms with E-state index in [1.807, 2.05) is 0 Å². The van der Waals surface area contributed by atoms with Crippen molar-refractivity contribution in [3.05, 3.63) is 28.8 Å². The molecule has 4 heteroatoms. The molecule has 0 amide bonds. The SMILES string of the molecule is CC(=O)c1ccc(C(F)F)c(C)c1N. The summed E-state index contributed by atoms with van der Waals surface area (Å²) < 4.78 is 24.8. The highest BCUT2D eigenvalue weighted by atomic mass is 19.3. The van der Waals surface area contributed by atoms with Crippen LogP contribution in [0.3, 0.4) is 0 Å². The maximum Gasteiger partial charge on any atom is 0.264 e. The van der Waals surface area contributed by atoms with Crippen LogP contribution in [0.4, 0.5) is 14.5 Å². The lowest BCUT2D eigenvalue weighted by Crippen LogP contribution is -2.04. The van der Waals surface area contributed by atoms with E-state index in [1.54, 1.807) is 0 Å². The fourth-order valence-corrected chi connectivity index (χ4v) is 1.29. The first kappa shape index (κ1) is 10.6. The van der Waals surface area contributed by atoms with Crippen molar-refractivity contribution < 1.29 is 13.6 Å². The number of carbonyl (C=O) groups is 1. The predicted octanol–water partition coefficient (Wildman–Crippen LogP) is 2.72. The maximum atomic E-state index is 12.4. The minimum absolute atomic E-state index is 0.118. The van der Waals surface area contributed by atoms with Gasteiger partial charge in [0.05, 0.1) is 0 Å². The van der Waals surface area contributed by atoms with Gasteiger partial charge in [-0.3, -0.25) is 4.79 Å². The van der Waals surface area contributed by atoms with Gasteiger partial charge in [0.25, 0.3) is 6.43 Å². The second kappa shape index (κ2) is 3.74. The molecule has 0 spiro atoms. The fraction of sp³-hybridized carbons (Fsp3) is 0.300. The van der Waals surface area contributed by atoms with Crippen molar-refractivity contribution in [2.75, 3.05) is 5.73 Å². The molecule has 2 N–H and O–H groups in total. The van der Waals surface area contributed by atoms with Crippen LogP contribution in [-0.4, -0.2) is 5.78 Å². The van der Waals surface area contributed by atoms with Gasteiger partial charge >= 0.3 is 0 Å². The number of benzene rings is 1. The van der Waals surface area contributed by atoms with Gasteiger partial charge in [0.1, 0.15) is 0 Å². The Labute approximate surface area is 80.7 Å². The smallest absolute Gasteiger partial charge is 0.264 e. The predicted molar refractivity (Wildman–Crippen MR) is 50.6 cm³/mol. The number of Topliss-reactive ketones (excluding diaryl/α,β-unsaturated/α-hetero) is 1. The van der Waals surface area contributed by atoms with Crippen LogP contribution >= 0.6 is 0 Å². The topological polar surface area (TPSA) is 43.1 Å². The van der Waals surface area contributed by atoms with E-state index in [9.17, 15) is 13.6 Å². The summed E-state index contributed by atoms with van der Waals surface area (Å²) in [6, 6.07) is 2.58. The number of anilines is 1. The molecule has 0 aromatic heterocycles. The number of halogens is 2. The van der Waals surface area contributed by atoms with Crippen LogP contribution in [0.1, 0.15) is 34.8 Å². The van der Waals surface area contributed by atoms with Crippen molar-refractivity contribution in [3.8, 4) is 0 Å². The van der Waals surface area contributed by atoms with Crippen LogP contribution in [0, 0.1) is 6.92 Å². The molecule has 0 unspecified atom stereocenters. The van der Waals surface area contributed by atoms with E-state index in [-0.39, 0.29) is 22.6 Å². The zero-order valence-electron chi connectivity index (χ0n) is 7.97. The number of carbonyl (C=O) groups excluding carboxylic acids is 1. The highest BCUT2D eigenvalue weighted by Gasteiger charge is 2.15. The van der Waals surface area contributed by atoms with Crippen LogP contribution in [0.25, 0.3) is 0 Å². The summed E-state index contributed by atoms with van der Waals surface area (Å²) in [6.45, 7) is 2.84. The van der Waals surface area contributed by atoms with Gasteiger partial charge in [-0.25, -0.2) is 8.78 Å². The molecule has 0 radical (unpaired) electrons. The van der Waals surface area contributed by atoms with E-state index in [1.165, 1.54) is 26.0 Å². The normalized spacial score (nSPS) is 10.6. The zero-order valence-corrected chi connectivity index (χ0v) is 7.97. The first-order chi connectivity index (χ1) is 6.45. The van der Waals surface area contributed by atoms with Crippen molar-refractivity contribution in [3.63, 3.8) is 0 Å². The molecule has 0 fully saturated rings. The molecule has 0 aliphatic rings. The number of nitrogen functional groups attached to an aromatic ring is 1. The molecule has 76 valence electrons. The van der Waals surface area contributed by atoms with Crippen molar-refractivity contribution in [1.82, 2.24) is 0 Å². The molecule has 0 saturated carbocycles. The Bertz CT molecular complexity index is 375. The minimum atomic E-state index is -2.56. The van der Waals surface area contributed by atoms with E-state index < -0.39 is 6.43 Å². The lowest BCUT2D eigenvalue weighted by atomic mass is 10.0. The first-order valence-corrected chi connectivity index (χ1v) is 4.13.